The summed E-state index contributed by atoms with van der Waals surface area (Å²) in [5.41, 5.74) is 1.38. The van der Waals surface area contributed by atoms with Gasteiger partial charge < -0.3 is 48.4 Å². The Hall–Kier alpha value is -6.15. The van der Waals surface area contributed by atoms with Gasteiger partial charge in [0.25, 0.3) is 5.24 Å². The first kappa shape index (κ1) is 57.5. The second-order valence-electron chi connectivity index (χ2n) is 22.7. The zero-order valence-electron chi connectivity index (χ0n) is 47.1. The highest BCUT2D eigenvalue weighted by molar-refractivity contribution is 8.46. The van der Waals surface area contributed by atoms with E-state index in [2.05, 4.69) is 91.7 Å². The molecule has 0 spiro atoms. The van der Waals surface area contributed by atoms with Crippen LogP contribution in [-0.2, 0) is 26.4 Å². The van der Waals surface area contributed by atoms with Crippen LogP contribution in [0.3, 0.4) is 0 Å². The maximum Gasteiger partial charge on any atom is 0.407 e. The average molecular weight is 1110 g/mol. The third kappa shape index (κ3) is 14.1. The Morgan fingerprint density at radius 2 is 1.52 bits per heavy atom. The molecule has 6 atom stereocenters. The number of unbranched alkanes of at least 4 members (excludes halogenated alkanes) is 5. The molecule has 19 heteroatoms. The maximum atomic E-state index is 15.4. The summed E-state index contributed by atoms with van der Waals surface area (Å²) < 4.78 is 64.7. The number of anilines is 3. The fraction of sp³-hybridized carbons (Fsp3) is 0.533. The molecule has 4 unspecified atom stereocenters. The Labute approximate surface area is 466 Å². The topological polar surface area (TPSA) is 148 Å². The van der Waals surface area contributed by atoms with Gasteiger partial charge in [0.05, 0.1) is 25.8 Å². The van der Waals surface area contributed by atoms with Crippen LogP contribution in [0.5, 0.6) is 11.5 Å². The summed E-state index contributed by atoms with van der Waals surface area (Å²) in [6.07, 6.45) is 9.70. The van der Waals surface area contributed by atoms with Crippen LogP contribution in [-0.4, -0.2) is 137 Å². The second kappa shape index (κ2) is 25.5. The summed E-state index contributed by atoms with van der Waals surface area (Å²) in [4.78, 5) is 42.5. The summed E-state index contributed by atoms with van der Waals surface area (Å²) in [6, 6.07) is 28.1. The number of halogens is 2. The Morgan fingerprint density at radius 1 is 0.861 bits per heavy atom. The molecule has 4 aliphatic heterocycles. The predicted molar refractivity (Wildman–Crippen MR) is 306 cm³/mol. The Balaban J connectivity index is 0.841. The highest BCUT2D eigenvalue weighted by atomic mass is 32.3. The number of aromatic nitrogens is 3. The van der Waals surface area contributed by atoms with Crippen molar-refractivity contribution >= 4 is 38.6 Å². The van der Waals surface area contributed by atoms with Crippen LogP contribution >= 0.6 is 10.2 Å². The normalized spacial score (nSPS) is 24.5. The fourth-order valence-electron chi connectivity index (χ4n) is 11.4. The molecule has 0 radical (unpaired) electrons. The van der Waals surface area contributed by atoms with E-state index >= 15 is 9.18 Å². The molecule has 4 fully saturated rings. The van der Waals surface area contributed by atoms with E-state index in [4.69, 9.17) is 23.7 Å². The number of carbonyl (C=O) groups excluding carboxylic acids is 2. The fourth-order valence-corrected chi connectivity index (χ4v) is 14.9. The number of piperazine rings is 1. The first-order valence-electron chi connectivity index (χ1n) is 28.3. The van der Waals surface area contributed by atoms with Gasteiger partial charge in [-0.3, -0.25) is 9.69 Å². The summed E-state index contributed by atoms with van der Waals surface area (Å²) >= 11 is 0. The van der Waals surface area contributed by atoms with E-state index in [0.29, 0.717) is 24.7 Å². The zero-order valence-corrected chi connectivity index (χ0v) is 47.9. The van der Waals surface area contributed by atoms with Crippen molar-refractivity contribution in [2.24, 2.45) is 0 Å². The Morgan fingerprint density at radius 3 is 2.16 bits per heavy atom. The average Bonchev–Trinajstić information content (AvgIpc) is 4.43. The molecule has 79 heavy (non-hydrogen) atoms. The quantitative estimate of drug-likeness (QED) is 0.0599. The van der Waals surface area contributed by atoms with Crippen LogP contribution in [0.1, 0.15) is 99.0 Å². The first-order chi connectivity index (χ1) is 38.0. The molecule has 2 N–H and O–H groups in total. The largest absolute Gasteiger partial charge is 0.494 e. The zero-order chi connectivity index (χ0) is 55.7. The Kier molecular flexibility index (Phi) is 18.6. The van der Waals surface area contributed by atoms with E-state index in [9.17, 15) is 9.18 Å². The highest BCUT2D eigenvalue weighted by Crippen LogP contribution is 2.62. The molecular formula is C60H81F2N9O7S. The van der Waals surface area contributed by atoms with Gasteiger partial charge in [-0.25, -0.2) is 23.2 Å². The lowest BCUT2D eigenvalue weighted by atomic mass is 9.94. The third-order valence-electron chi connectivity index (χ3n) is 15.5. The molecule has 1 aromatic heterocycles. The smallest absolute Gasteiger partial charge is 0.407 e. The Bertz CT molecular complexity index is 2760. The van der Waals surface area contributed by atoms with Crippen LogP contribution in [0.25, 0.3) is 0 Å². The number of ether oxygens (including phenoxy) is 5. The van der Waals surface area contributed by atoms with Gasteiger partial charge in [-0.1, -0.05) is 55.3 Å². The number of alkyl carbamates (subject to hydrolysis) is 1. The first-order valence-corrected chi connectivity index (χ1v) is 30.1. The minimum absolute atomic E-state index is 0.0124. The lowest BCUT2D eigenvalue weighted by Gasteiger charge is -2.38. The van der Waals surface area contributed by atoms with Gasteiger partial charge in [-0.2, -0.15) is 5.10 Å². The van der Waals surface area contributed by atoms with Crippen LogP contribution in [0, 0.1) is 11.6 Å². The van der Waals surface area contributed by atoms with Crippen LogP contribution in [0.2, 0.25) is 0 Å². The molecule has 4 saturated heterocycles. The van der Waals surface area contributed by atoms with Gasteiger partial charge in [0.1, 0.15) is 53.6 Å². The number of carbonyl (C=O) groups is 2. The van der Waals surface area contributed by atoms with E-state index in [1.165, 1.54) is 61.6 Å². The molecule has 4 aromatic carbocycles. The molecule has 0 saturated carbocycles. The number of hydrogen-bond donors (Lipinski definition) is 2. The van der Waals surface area contributed by atoms with Crippen molar-refractivity contribution in [3.8, 4) is 11.5 Å². The molecule has 4 aliphatic rings. The molecular weight excluding hydrogens is 1030 g/mol. The van der Waals surface area contributed by atoms with Crippen molar-refractivity contribution in [3.63, 3.8) is 0 Å². The summed E-state index contributed by atoms with van der Waals surface area (Å²) in [7, 11) is -2.31. The number of hydrogen-bond acceptors (Lipinski definition) is 13. The summed E-state index contributed by atoms with van der Waals surface area (Å²) in [5.74, 6) is 0.684. The van der Waals surface area contributed by atoms with Crippen LogP contribution in [0.4, 0.5) is 35.4 Å². The number of nitrogens with one attached hydrogen (secondary N) is 2. The van der Waals surface area contributed by atoms with E-state index in [-0.39, 0.29) is 54.7 Å². The van der Waals surface area contributed by atoms with Crippen LogP contribution in [0.15, 0.2) is 109 Å². The highest BCUT2D eigenvalue weighted by Gasteiger charge is 2.52. The standard InChI is InChI=1S/C60H81F2N9O7S/c1-8-9-10-11-12-13-34-74-50-21-15-46(16-22-50)66-79(38-49(71(43(2)3)58(79)73)36-69-29-28-55(44(69)4)65-57(72)78-59(5,6)7)52-25-19-48(20-26-52)68-32-30-67(31-33-68)47-17-23-51(24-18-47)75-37-56-76-40-60(77-56,39-70-42-63-41-64-70)53-27-14-45(61)35-54(53)62/h14-27,35,41-44,49,55-56,66H,8-13,28-34,36-40H2,1-7H3,(H,65,72)/t44?,49?,55?,56-,60+/m0/s1. The number of amides is 2. The predicted octanol–water partition coefficient (Wildman–Crippen LogP) is 11.4. The van der Waals surface area contributed by atoms with Gasteiger partial charge in [0.2, 0.25) is 0 Å². The lowest BCUT2D eigenvalue weighted by molar-refractivity contribution is -0.117. The van der Waals surface area contributed by atoms with Gasteiger partial charge in [0.15, 0.2) is 6.29 Å². The summed E-state index contributed by atoms with van der Waals surface area (Å²) in [6.45, 7) is 19.8. The van der Waals surface area contributed by atoms with Crippen molar-refractivity contribution in [3.05, 3.63) is 121 Å². The summed E-state index contributed by atoms with van der Waals surface area (Å²) in [5, 5.41) is 7.42. The van der Waals surface area contributed by atoms with Gasteiger partial charge in [0, 0.05) is 96.7 Å². The van der Waals surface area contributed by atoms with Crippen molar-refractivity contribution in [1.82, 2.24) is 29.9 Å². The van der Waals surface area contributed by atoms with Crippen LogP contribution < -0.4 is 29.3 Å². The maximum absolute atomic E-state index is 15.4. The second-order valence-corrected chi connectivity index (χ2v) is 25.5. The van der Waals surface area contributed by atoms with Gasteiger partial charge in [-0.15, -0.1) is 0 Å². The molecule has 0 aliphatic carbocycles. The molecule has 5 heterocycles. The monoisotopic (exact) mass is 1110 g/mol. The number of rotatable bonds is 23. The third-order valence-corrected chi connectivity index (χ3v) is 18.8. The van der Waals surface area contributed by atoms with Crippen molar-refractivity contribution in [2.45, 2.75) is 147 Å². The molecule has 9 rings (SSSR count). The van der Waals surface area contributed by atoms with E-state index in [1.807, 2.05) is 69.3 Å². The van der Waals surface area contributed by atoms with E-state index in [1.54, 1.807) is 0 Å². The molecule has 5 aromatic rings. The van der Waals surface area contributed by atoms with E-state index < -0.39 is 45.4 Å². The van der Waals surface area contributed by atoms with Crippen molar-refractivity contribution in [2.75, 3.05) is 79.4 Å². The minimum atomic E-state index is -2.31. The van der Waals surface area contributed by atoms with Crippen molar-refractivity contribution in [1.29, 1.82) is 0 Å². The van der Waals surface area contributed by atoms with Gasteiger partial charge in [-0.05, 0) is 133 Å². The molecule has 16 nitrogen and oxygen atoms in total. The number of nitrogens with zero attached hydrogens (tertiary/aromatic N) is 7. The molecule has 428 valence electrons. The molecule has 2 amide bonds. The van der Waals surface area contributed by atoms with Crippen molar-refractivity contribution < 1.29 is 42.1 Å². The number of likely N-dealkylation sites (tertiary alicyclic amines) is 1. The van der Waals surface area contributed by atoms with E-state index in [0.717, 1.165) is 79.3 Å². The number of benzene rings is 4. The van der Waals surface area contributed by atoms with Gasteiger partial charge >= 0.3 is 6.09 Å². The minimum Gasteiger partial charge on any atom is -0.494 e. The lowest BCUT2D eigenvalue weighted by Crippen LogP contribution is -2.49. The SMILES string of the molecule is CCCCCCCCOc1ccc(NS2(c3ccc(N4CCN(c5ccc(OC[C@H]6OC[C@](Cn7cncn7)(c7ccc(F)cc7F)O6)cc5)CC4)cc3)CC(CN3CCC(NC(=O)OC(C)(C)C)C3C)N(C(C)C)C2=O)cc1. The molecule has 0 bridgehead atoms.